The summed E-state index contributed by atoms with van der Waals surface area (Å²) in [6.45, 7) is 6.79. The fourth-order valence-corrected chi connectivity index (χ4v) is 1.35. The lowest BCUT2D eigenvalue weighted by Gasteiger charge is -2.09. The second kappa shape index (κ2) is 4.33. The van der Waals surface area contributed by atoms with E-state index in [9.17, 15) is 0 Å². The maximum atomic E-state index is 5.49. The molecule has 1 aromatic rings. The van der Waals surface area contributed by atoms with Gasteiger partial charge in [-0.05, 0) is 32.9 Å². The van der Waals surface area contributed by atoms with Gasteiger partial charge in [-0.3, -0.25) is 0 Å². The summed E-state index contributed by atoms with van der Waals surface area (Å²) in [4.78, 5) is 8.77. The van der Waals surface area contributed by atoms with Crippen LogP contribution in [0, 0.1) is 13.8 Å². The Morgan fingerprint density at radius 3 is 2.31 bits per heavy atom. The van der Waals surface area contributed by atoms with Crippen molar-refractivity contribution in [3.63, 3.8) is 0 Å². The van der Waals surface area contributed by atoms with E-state index in [2.05, 4.69) is 16.9 Å². The van der Waals surface area contributed by atoms with Crippen molar-refractivity contribution in [1.82, 2.24) is 9.97 Å². The molecule has 0 spiro atoms. The van der Waals surface area contributed by atoms with E-state index < -0.39 is 0 Å². The topological polar surface area (TPSA) is 51.8 Å². The summed E-state index contributed by atoms with van der Waals surface area (Å²) in [5.41, 5.74) is 7.55. The Kier molecular flexibility index (Phi) is 3.37. The monoisotopic (exact) mass is 179 g/mol. The lowest BCUT2D eigenvalue weighted by Crippen LogP contribution is -2.09. The Balaban J connectivity index is 2.87. The molecule has 0 aliphatic carbocycles. The first kappa shape index (κ1) is 10.1. The van der Waals surface area contributed by atoms with Gasteiger partial charge in [0.15, 0.2) is 0 Å². The first-order valence-corrected chi connectivity index (χ1v) is 4.65. The summed E-state index contributed by atoms with van der Waals surface area (Å²) >= 11 is 0. The highest BCUT2D eigenvalue weighted by molar-refractivity contribution is 5.10. The van der Waals surface area contributed by atoms with Gasteiger partial charge in [-0.25, -0.2) is 9.97 Å². The number of hydrogen-bond acceptors (Lipinski definition) is 3. The van der Waals surface area contributed by atoms with E-state index >= 15 is 0 Å². The Bertz CT molecular complexity index is 263. The summed E-state index contributed by atoms with van der Waals surface area (Å²) in [6.07, 6.45) is 0.947. The van der Waals surface area contributed by atoms with Gasteiger partial charge in [-0.1, -0.05) is 6.92 Å². The zero-order chi connectivity index (χ0) is 9.84. The molecule has 2 N–H and O–H groups in total. The fourth-order valence-electron chi connectivity index (χ4n) is 1.35. The molecule has 0 bridgehead atoms. The Hall–Kier alpha value is -0.960. The zero-order valence-corrected chi connectivity index (χ0v) is 8.54. The highest BCUT2D eigenvalue weighted by Crippen LogP contribution is 2.14. The quantitative estimate of drug-likeness (QED) is 0.765. The van der Waals surface area contributed by atoms with Gasteiger partial charge < -0.3 is 5.73 Å². The van der Waals surface area contributed by atoms with E-state index in [0.29, 0.717) is 12.5 Å². The van der Waals surface area contributed by atoms with Gasteiger partial charge in [-0.15, -0.1) is 0 Å². The van der Waals surface area contributed by atoms with Crippen molar-refractivity contribution >= 4 is 0 Å². The summed E-state index contributed by atoms with van der Waals surface area (Å²) in [6, 6.07) is 1.98. The average molecular weight is 179 g/mol. The molecule has 0 saturated carbocycles. The van der Waals surface area contributed by atoms with Gasteiger partial charge in [-0.2, -0.15) is 0 Å². The van der Waals surface area contributed by atoms with E-state index in [-0.39, 0.29) is 0 Å². The van der Waals surface area contributed by atoms with Crippen LogP contribution in [-0.4, -0.2) is 16.5 Å². The van der Waals surface area contributed by atoms with Gasteiger partial charge in [0, 0.05) is 17.3 Å². The second-order valence-electron chi connectivity index (χ2n) is 3.49. The highest BCUT2D eigenvalue weighted by Gasteiger charge is 2.08. The molecule has 1 atom stereocenters. The van der Waals surface area contributed by atoms with Crippen molar-refractivity contribution in [3.05, 3.63) is 23.3 Å². The molecule has 1 aromatic heterocycles. The summed E-state index contributed by atoms with van der Waals surface area (Å²) in [5, 5.41) is 0. The number of aromatic nitrogens is 2. The van der Waals surface area contributed by atoms with Crippen LogP contribution in [0.2, 0.25) is 0 Å². The normalized spacial score (nSPS) is 12.9. The third-order valence-corrected chi connectivity index (χ3v) is 2.04. The number of nitrogens with two attached hydrogens (primary N) is 1. The third kappa shape index (κ3) is 2.77. The standard InChI is InChI=1S/C10H17N3/c1-7(4-5-11)10-12-8(2)6-9(3)13-10/h6-7H,4-5,11H2,1-3H3. The molecule has 0 aliphatic rings. The fraction of sp³-hybridized carbons (Fsp3) is 0.600. The molecule has 0 aromatic carbocycles. The molecule has 0 aliphatic heterocycles. The second-order valence-corrected chi connectivity index (χ2v) is 3.49. The lowest BCUT2D eigenvalue weighted by molar-refractivity contribution is 0.641. The molecule has 1 heterocycles. The van der Waals surface area contributed by atoms with Crippen LogP contribution in [0.1, 0.15) is 36.5 Å². The first-order chi connectivity index (χ1) is 6.13. The SMILES string of the molecule is Cc1cc(C)nc(C(C)CCN)n1. The Labute approximate surface area is 79.4 Å². The molecule has 0 saturated heterocycles. The number of rotatable bonds is 3. The van der Waals surface area contributed by atoms with Crippen LogP contribution in [0.15, 0.2) is 6.07 Å². The maximum absolute atomic E-state index is 5.49. The Morgan fingerprint density at radius 2 is 1.85 bits per heavy atom. The molecular weight excluding hydrogens is 162 g/mol. The minimum absolute atomic E-state index is 0.364. The predicted molar refractivity (Wildman–Crippen MR) is 53.6 cm³/mol. The van der Waals surface area contributed by atoms with Gasteiger partial charge in [0.25, 0.3) is 0 Å². The van der Waals surface area contributed by atoms with Gasteiger partial charge in [0.1, 0.15) is 5.82 Å². The molecule has 3 nitrogen and oxygen atoms in total. The smallest absolute Gasteiger partial charge is 0.131 e. The van der Waals surface area contributed by atoms with Crippen molar-refractivity contribution in [3.8, 4) is 0 Å². The van der Waals surface area contributed by atoms with Crippen LogP contribution < -0.4 is 5.73 Å². The van der Waals surface area contributed by atoms with Crippen LogP contribution in [0.3, 0.4) is 0 Å². The van der Waals surface area contributed by atoms with Crippen molar-refractivity contribution in [2.24, 2.45) is 5.73 Å². The van der Waals surface area contributed by atoms with Gasteiger partial charge in [0.05, 0.1) is 0 Å². The summed E-state index contributed by atoms with van der Waals surface area (Å²) < 4.78 is 0. The summed E-state index contributed by atoms with van der Waals surface area (Å²) in [5.74, 6) is 1.28. The molecule has 3 heteroatoms. The molecule has 72 valence electrons. The van der Waals surface area contributed by atoms with Gasteiger partial charge in [0.2, 0.25) is 0 Å². The van der Waals surface area contributed by atoms with E-state index in [1.165, 1.54) is 0 Å². The third-order valence-electron chi connectivity index (χ3n) is 2.04. The minimum Gasteiger partial charge on any atom is -0.330 e. The van der Waals surface area contributed by atoms with E-state index in [1.807, 2.05) is 19.9 Å². The number of hydrogen-bond donors (Lipinski definition) is 1. The zero-order valence-electron chi connectivity index (χ0n) is 8.54. The molecule has 0 amide bonds. The van der Waals surface area contributed by atoms with E-state index in [0.717, 1.165) is 23.6 Å². The van der Waals surface area contributed by atoms with Crippen LogP contribution in [-0.2, 0) is 0 Å². The minimum atomic E-state index is 0.364. The van der Waals surface area contributed by atoms with Crippen molar-refractivity contribution in [1.29, 1.82) is 0 Å². The van der Waals surface area contributed by atoms with E-state index in [4.69, 9.17) is 5.73 Å². The molecule has 0 fully saturated rings. The molecule has 0 radical (unpaired) electrons. The van der Waals surface area contributed by atoms with Crippen LogP contribution in [0.5, 0.6) is 0 Å². The van der Waals surface area contributed by atoms with Crippen LogP contribution in [0.25, 0.3) is 0 Å². The summed E-state index contributed by atoms with van der Waals surface area (Å²) in [7, 11) is 0. The van der Waals surface area contributed by atoms with E-state index in [1.54, 1.807) is 0 Å². The molecular formula is C10H17N3. The largest absolute Gasteiger partial charge is 0.330 e. The van der Waals surface area contributed by atoms with Crippen molar-refractivity contribution in [2.45, 2.75) is 33.1 Å². The van der Waals surface area contributed by atoms with Gasteiger partial charge >= 0.3 is 0 Å². The van der Waals surface area contributed by atoms with Crippen molar-refractivity contribution < 1.29 is 0 Å². The lowest BCUT2D eigenvalue weighted by atomic mass is 10.1. The number of aryl methyl sites for hydroxylation is 2. The average Bonchev–Trinajstić information content (AvgIpc) is 2.03. The molecule has 1 unspecified atom stereocenters. The van der Waals surface area contributed by atoms with Crippen molar-refractivity contribution in [2.75, 3.05) is 6.54 Å². The highest BCUT2D eigenvalue weighted by atomic mass is 14.9. The Morgan fingerprint density at radius 1 is 1.31 bits per heavy atom. The first-order valence-electron chi connectivity index (χ1n) is 4.65. The maximum Gasteiger partial charge on any atom is 0.131 e. The molecule has 13 heavy (non-hydrogen) atoms. The van der Waals surface area contributed by atoms with Crippen LogP contribution in [0.4, 0.5) is 0 Å². The predicted octanol–water partition coefficient (Wildman–Crippen LogP) is 1.55. The van der Waals surface area contributed by atoms with Crippen LogP contribution >= 0.6 is 0 Å². The molecule has 1 rings (SSSR count). The number of nitrogens with zero attached hydrogens (tertiary/aromatic N) is 2.